The fourth-order valence-electron chi connectivity index (χ4n) is 5.20. The number of anilines is 1. The quantitative estimate of drug-likeness (QED) is 0.339. The Balaban J connectivity index is 1.42. The number of aromatic nitrogens is 2. The summed E-state index contributed by atoms with van der Waals surface area (Å²) in [6.07, 6.45) is 0.944. The molecule has 0 aliphatic carbocycles. The van der Waals surface area contributed by atoms with Crippen molar-refractivity contribution < 1.29 is 18.0 Å². The number of halogens is 3. The fraction of sp³-hybridized carbons (Fsp3) is 0.469. The van der Waals surface area contributed by atoms with Crippen molar-refractivity contribution in [3.63, 3.8) is 0 Å². The summed E-state index contributed by atoms with van der Waals surface area (Å²) in [6, 6.07) is 13.2. The predicted octanol–water partition coefficient (Wildman–Crippen LogP) is 6.19. The smallest absolute Gasteiger partial charge is 0.373 e. The number of hydrogen-bond acceptors (Lipinski definition) is 4. The number of amides is 2. The molecule has 1 fully saturated rings. The zero-order valence-corrected chi connectivity index (χ0v) is 24.6. The minimum Gasteiger partial charge on any atom is -0.373 e. The van der Waals surface area contributed by atoms with E-state index < -0.39 is 18.1 Å². The molecule has 1 saturated heterocycles. The predicted molar refractivity (Wildman–Crippen MR) is 158 cm³/mol. The molecule has 0 bridgehead atoms. The average molecular weight is 579 g/mol. The van der Waals surface area contributed by atoms with Crippen LogP contribution in [0.1, 0.15) is 50.1 Å². The van der Waals surface area contributed by atoms with Crippen molar-refractivity contribution in [3.8, 4) is 17.9 Å². The van der Waals surface area contributed by atoms with Gasteiger partial charge in [0.1, 0.15) is 6.54 Å². The maximum Gasteiger partial charge on any atom is 0.406 e. The first kappa shape index (κ1) is 30.8. The van der Waals surface area contributed by atoms with Gasteiger partial charge in [0, 0.05) is 38.1 Å². The number of nitrogens with one attached hydrogen (secondary N) is 1. The number of nitriles is 1. The molecular weight excluding hydrogens is 541 g/mol. The molecule has 0 radical (unpaired) electrons. The van der Waals surface area contributed by atoms with Crippen LogP contribution in [0.15, 0.2) is 42.6 Å². The number of pyridine rings is 1. The van der Waals surface area contributed by atoms with E-state index in [1.807, 2.05) is 17.0 Å². The van der Waals surface area contributed by atoms with E-state index in [0.29, 0.717) is 28.5 Å². The third kappa shape index (κ3) is 7.76. The van der Waals surface area contributed by atoms with Crippen LogP contribution in [0.5, 0.6) is 0 Å². The van der Waals surface area contributed by atoms with E-state index in [4.69, 9.17) is 0 Å². The molecule has 3 heterocycles. The molecule has 2 amide bonds. The number of piperidine rings is 1. The first-order chi connectivity index (χ1) is 19.9. The minimum atomic E-state index is -4.38. The van der Waals surface area contributed by atoms with Crippen molar-refractivity contribution in [2.75, 3.05) is 39.0 Å². The van der Waals surface area contributed by atoms with Crippen LogP contribution in [-0.2, 0) is 18.4 Å². The number of alkyl halides is 3. The number of carbonyl (C=O) groups is 1. The Labute approximate surface area is 245 Å². The highest BCUT2D eigenvalue weighted by atomic mass is 19.4. The first-order valence-corrected chi connectivity index (χ1v) is 14.1. The van der Waals surface area contributed by atoms with Gasteiger partial charge < -0.3 is 19.7 Å². The Kier molecular flexibility index (Phi) is 9.36. The van der Waals surface area contributed by atoms with Gasteiger partial charge in [-0.25, -0.2) is 4.79 Å². The van der Waals surface area contributed by atoms with E-state index in [0.717, 1.165) is 49.7 Å². The highest BCUT2D eigenvalue weighted by Gasteiger charge is 2.30. The largest absolute Gasteiger partial charge is 0.406 e. The molecule has 0 unspecified atom stereocenters. The van der Waals surface area contributed by atoms with Gasteiger partial charge in [-0.15, -0.1) is 0 Å². The number of carbonyl (C=O) groups excluding carboxylic acids is 1. The van der Waals surface area contributed by atoms with E-state index in [-0.39, 0.29) is 12.6 Å². The Morgan fingerprint density at radius 1 is 1.14 bits per heavy atom. The molecule has 0 spiro atoms. The minimum absolute atomic E-state index is 0.0451. The van der Waals surface area contributed by atoms with Gasteiger partial charge in [0.2, 0.25) is 0 Å². The van der Waals surface area contributed by atoms with E-state index in [9.17, 15) is 23.2 Å². The molecule has 1 N–H and O–H groups in total. The molecular formula is C32H37F3N6O. The Morgan fingerprint density at radius 2 is 1.88 bits per heavy atom. The summed E-state index contributed by atoms with van der Waals surface area (Å²) >= 11 is 0. The second kappa shape index (κ2) is 12.8. The van der Waals surface area contributed by atoms with E-state index in [1.54, 1.807) is 63.3 Å². The lowest BCUT2D eigenvalue weighted by Crippen LogP contribution is -2.43. The summed E-state index contributed by atoms with van der Waals surface area (Å²) in [5.74, 6) is 6.36. The molecule has 222 valence electrons. The molecule has 1 aromatic carbocycles. The van der Waals surface area contributed by atoms with Crippen LogP contribution in [0, 0.1) is 29.1 Å². The van der Waals surface area contributed by atoms with Crippen LogP contribution in [0.25, 0.3) is 10.9 Å². The van der Waals surface area contributed by atoms with Crippen molar-refractivity contribution in [2.24, 2.45) is 5.92 Å². The number of rotatable bonds is 7. The SMILES string of the molecule is CN(C)C(=O)N1CCC(CCc2ccc3c(c2)cc(C#CCNc2ccc(C(C)(C)C#N)nc2)n3CC(F)(F)F)CC1. The van der Waals surface area contributed by atoms with Crippen LogP contribution < -0.4 is 5.32 Å². The number of fused-ring (bicyclic) bond motifs is 1. The van der Waals surface area contributed by atoms with Crippen LogP contribution in [0.4, 0.5) is 23.7 Å². The number of likely N-dealkylation sites (tertiary alicyclic amines) is 1. The first-order valence-electron chi connectivity index (χ1n) is 14.1. The van der Waals surface area contributed by atoms with E-state index in [1.165, 1.54) is 4.57 Å². The lowest BCUT2D eigenvalue weighted by atomic mass is 9.90. The molecule has 4 rings (SSSR count). The van der Waals surface area contributed by atoms with Gasteiger partial charge in [0.25, 0.3) is 0 Å². The van der Waals surface area contributed by atoms with Gasteiger partial charge >= 0.3 is 12.2 Å². The molecule has 7 nitrogen and oxygen atoms in total. The highest BCUT2D eigenvalue weighted by Crippen LogP contribution is 2.28. The zero-order chi connectivity index (χ0) is 30.5. The normalized spacial score (nSPS) is 14.3. The van der Waals surface area contributed by atoms with Crippen LogP contribution in [0.2, 0.25) is 0 Å². The maximum absolute atomic E-state index is 13.5. The molecule has 0 atom stereocenters. The fourth-order valence-corrected chi connectivity index (χ4v) is 5.20. The van der Waals surface area contributed by atoms with Crippen molar-refractivity contribution >= 4 is 22.6 Å². The summed E-state index contributed by atoms with van der Waals surface area (Å²) < 4.78 is 41.6. The highest BCUT2D eigenvalue weighted by molar-refractivity contribution is 5.83. The van der Waals surface area contributed by atoms with Crippen molar-refractivity contribution in [1.82, 2.24) is 19.4 Å². The zero-order valence-electron chi connectivity index (χ0n) is 24.6. The molecule has 0 saturated carbocycles. The van der Waals surface area contributed by atoms with Gasteiger partial charge in [0.15, 0.2) is 0 Å². The number of nitrogens with zero attached hydrogens (tertiary/aromatic N) is 5. The molecule has 1 aliphatic rings. The molecule has 1 aliphatic heterocycles. The lowest BCUT2D eigenvalue weighted by Gasteiger charge is -2.33. The Hall–Kier alpha value is -4.18. The van der Waals surface area contributed by atoms with Gasteiger partial charge in [-0.3, -0.25) is 4.98 Å². The summed E-state index contributed by atoms with van der Waals surface area (Å²) in [7, 11) is 3.52. The standard InChI is InChI=1S/C32H37F3N6O/c1-31(2,21-36)29-12-10-26(20-38-29)37-15-5-6-27-19-25-18-24(9-11-28(25)41(27)22-32(33,34)35)8-7-23-13-16-40(17-14-23)30(42)39(3)4/h9-12,18-20,23,37H,7-8,13-17,22H2,1-4H3. The van der Waals surface area contributed by atoms with E-state index >= 15 is 0 Å². The summed E-state index contributed by atoms with van der Waals surface area (Å²) in [5, 5.41) is 13.1. The second-order valence-electron chi connectivity index (χ2n) is 11.6. The van der Waals surface area contributed by atoms with Gasteiger partial charge in [-0.05, 0) is 87.3 Å². The number of urea groups is 1. The summed E-state index contributed by atoms with van der Waals surface area (Å²) in [5.41, 5.74) is 2.55. The third-order valence-electron chi connectivity index (χ3n) is 7.69. The monoisotopic (exact) mass is 578 g/mol. The Bertz CT molecular complexity index is 1500. The van der Waals surface area contributed by atoms with Gasteiger partial charge in [0.05, 0.1) is 41.3 Å². The Morgan fingerprint density at radius 3 is 2.50 bits per heavy atom. The molecule has 42 heavy (non-hydrogen) atoms. The third-order valence-corrected chi connectivity index (χ3v) is 7.69. The van der Waals surface area contributed by atoms with E-state index in [2.05, 4.69) is 28.2 Å². The maximum atomic E-state index is 13.5. The molecule has 2 aromatic heterocycles. The van der Waals surface area contributed by atoms with Crippen LogP contribution >= 0.6 is 0 Å². The second-order valence-corrected chi connectivity index (χ2v) is 11.6. The number of aryl methyl sites for hydroxylation is 1. The lowest BCUT2D eigenvalue weighted by molar-refractivity contribution is -0.140. The van der Waals surface area contributed by atoms with Crippen LogP contribution in [-0.4, -0.2) is 65.3 Å². The van der Waals surface area contributed by atoms with Crippen molar-refractivity contribution in [1.29, 1.82) is 5.26 Å². The average Bonchev–Trinajstić information content (AvgIpc) is 3.29. The topological polar surface area (TPSA) is 77.2 Å². The number of hydrogen-bond donors (Lipinski definition) is 1. The number of benzene rings is 1. The van der Waals surface area contributed by atoms with Gasteiger partial charge in [-0.1, -0.05) is 12.0 Å². The summed E-state index contributed by atoms with van der Waals surface area (Å²) in [4.78, 5) is 20.0. The molecule has 3 aromatic rings. The van der Waals surface area contributed by atoms with Gasteiger partial charge in [-0.2, -0.15) is 18.4 Å². The van der Waals surface area contributed by atoms with Crippen molar-refractivity contribution in [2.45, 2.75) is 57.7 Å². The van der Waals surface area contributed by atoms with Crippen molar-refractivity contribution in [3.05, 3.63) is 59.5 Å². The summed E-state index contributed by atoms with van der Waals surface area (Å²) in [6.45, 7) is 4.19. The van der Waals surface area contributed by atoms with Crippen LogP contribution in [0.3, 0.4) is 0 Å². The molecule has 10 heteroatoms.